The van der Waals surface area contributed by atoms with E-state index in [0.717, 1.165) is 29.1 Å². The van der Waals surface area contributed by atoms with Gasteiger partial charge in [0.2, 0.25) is 0 Å². The summed E-state index contributed by atoms with van der Waals surface area (Å²) in [5, 5.41) is 3.39. The molecule has 1 unspecified atom stereocenters. The van der Waals surface area contributed by atoms with Crippen LogP contribution in [0.1, 0.15) is 38.1 Å². The van der Waals surface area contributed by atoms with E-state index in [0.29, 0.717) is 45.4 Å². The maximum absolute atomic E-state index is 14.0. The monoisotopic (exact) mass is 481 g/mol. The minimum Gasteiger partial charge on any atom is -0.487 e. The van der Waals surface area contributed by atoms with Crippen molar-refractivity contribution in [3.05, 3.63) is 41.2 Å². The molecule has 1 saturated heterocycles. The zero-order valence-electron chi connectivity index (χ0n) is 18.8. The van der Waals surface area contributed by atoms with E-state index in [-0.39, 0.29) is 23.8 Å². The van der Waals surface area contributed by atoms with Gasteiger partial charge < -0.3 is 19.5 Å². The summed E-state index contributed by atoms with van der Waals surface area (Å²) in [7, 11) is 0. The van der Waals surface area contributed by atoms with Gasteiger partial charge in [-0.3, -0.25) is 4.90 Å². The van der Waals surface area contributed by atoms with Crippen LogP contribution in [-0.4, -0.2) is 61.3 Å². The highest BCUT2D eigenvalue weighted by atomic mass is 32.2. The number of nitrogens with zero attached hydrogens (tertiary/aromatic N) is 4. The lowest BCUT2D eigenvalue weighted by Gasteiger charge is -2.35. The van der Waals surface area contributed by atoms with Crippen LogP contribution in [-0.2, 0) is 24.0 Å². The van der Waals surface area contributed by atoms with Gasteiger partial charge in [-0.15, -0.1) is 0 Å². The fourth-order valence-electron chi connectivity index (χ4n) is 4.17. The Bertz CT molecular complexity index is 1020. The number of halogens is 2. The summed E-state index contributed by atoms with van der Waals surface area (Å²) in [5.41, 5.74) is 1.73. The first kappa shape index (κ1) is 23.8. The van der Waals surface area contributed by atoms with Crippen molar-refractivity contribution in [2.75, 3.05) is 35.7 Å². The maximum Gasteiger partial charge on any atom is 0.172 e. The van der Waals surface area contributed by atoms with E-state index in [1.165, 1.54) is 12.1 Å². The molecule has 1 aromatic heterocycles. The molecule has 0 amide bonds. The Morgan fingerprint density at radius 3 is 2.64 bits per heavy atom. The van der Waals surface area contributed by atoms with Gasteiger partial charge in [-0.1, -0.05) is 0 Å². The molecule has 1 aromatic carbocycles. The molecule has 0 radical (unpaired) electrons. The minimum absolute atomic E-state index is 0.0620. The quantitative estimate of drug-likeness (QED) is 0.583. The van der Waals surface area contributed by atoms with Gasteiger partial charge in [0.1, 0.15) is 17.8 Å². The van der Waals surface area contributed by atoms with E-state index in [1.54, 1.807) is 0 Å². The normalized spacial score (nSPS) is 18.3. The first-order valence-electron chi connectivity index (χ1n) is 11.1. The van der Waals surface area contributed by atoms with Crippen LogP contribution in [0.25, 0.3) is 0 Å². The Balaban J connectivity index is 1.49. The third-order valence-corrected chi connectivity index (χ3v) is 6.30. The van der Waals surface area contributed by atoms with E-state index in [2.05, 4.69) is 10.2 Å². The average molecular weight is 482 g/mol. The summed E-state index contributed by atoms with van der Waals surface area (Å²) in [5.74, 6) is 0.301. The molecule has 11 heteroatoms. The van der Waals surface area contributed by atoms with Crippen molar-refractivity contribution in [3.63, 3.8) is 0 Å². The molecule has 180 valence electrons. The van der Waals surface area contributed by atoms with Crippen molar-refractivity contribution in [2.24, 2.45) is 0 Å². The molecule has 2 aliphatic heterocycles. The van der Waals surface area contributed by atoms with Crippen molar-refractivity contribution in [1.82, 2.24) is 14.9 Å². The summed E-state index contributed by atoms with van der Waals surface area (Å²) in [6, 6.07) is 3.51. The second kappa shape index (κ2) is 10.3. The van der Waals surface area contributed by atoms with Crippen molar-refractivity contribution >= 4 is 22.7 Å². The Hall–Kier alpha value is -2.37. The van der Waals surface area contributed by atoms with Crippen molar-refractivity contribution in [2.45, 2.75) is 51.8 Å². The first-order chi connectivity index (χ1) is 15.8. The summed E-state index contributed by atoms with van der Waals surface area (Å²) in [4.78, 5) is 13.8. The van der Waals surface area contributed by atoms with Crippen LogP contribution in [0.5, 0.6) is 5.75 Å². The molecule has 0 bridgehead atoms. The molecule has 2 aliphatic rings. The van der Waals surface area contributed by atoms with E-state index >= 15 is 0 Å². The summed E-state index contributed by atoms with van der Waals surface area (Å²) < 4.78 is 53.4. The van der Waals surface area contributed by atoms with Gasteiger partial charge in [0.25, 0.3) is 0 Å². The Kier molecular flexibility index (Phi) is 7.40. The number of rotatable bonds is 7. The van der Waals surface area contributed by atoms with Crippen LogP contribution in [0.4, 0.5) is 20.4 Å². The van der Waals surface area contributed by atoms with Gasteiger partial charge in [-0.25, -0.2) is 23.0 Å². The first-order valence-corrected chi connectivity index (χ1v) is 12.4. The number of piperidine rings is 1. The van der Waals surface area contributed by atoms with Crippen molar-refractivity contribution in [3.8, 4) is 5.75 Å². The van der Waals surface area contributed by atoms with Crippen LogP contribution in [0.3, 0.4) is 0 Å². The number of ether oxygens (including phenoxy) is 1. The fraction of sp³-hybridized carbons (Fsp3) is 0.545. The molecule has 4 rings (SSSR count). The Labute approximate surface area is 194 Å². The Morgan fingerprint density at radius 1 is 1.21 bits per heavy atom. The minimum atomic E-state index is -1.89. The van der Waals surface area contributed by atoms with Crippen LogP contribution >= 0.6 is 0 Å². The van der Waals surface area contributed by atoms with Gasteiger partial charge in [-0.05, 0) is 26.0 Å². The average Bonchev–Trinajstić information content (AvgIpc) is 2.75. The molecule has 1 atom stereocenters. The number of nitrogens with one attached hydrogen (secondary N) is 1. The topological polar surface area (TPSA) is 90.8 Å². The van der Waals surface area contributed by atoms with E-state index < -0.39 is 22.7 Å². The highest BCUT2D eigenvalue weighted by molar-refractivity contribution is 7.79. The standard InChI is InChI=1S/C22H29F2N5O3S/c1-14(2)25-21-22(27-19-12-28(13-33(30)31)8-7-18(19)26-21)29-9-5-16(6-10-29)32-20-4-3-15(23)11-17(20)24/h3-4,11,14,16H,5-10,12-13H2,1-2H3,(H,25,26)(H,30,31). The van der Waals surface area contributed by atoms with Crippen LogP contribution in [0.15, 0.2) is 18.2 Å². The SMILES string of the molecule is CC(C)Nc1nc2c(nc1N1CCC(Oc3ccc(F)cc3F)CC1)CN(CS(=O)O)CC2. The fourth-order valence-corrected chi connectivity index (χ4v) is 4.70. The highest BCUT2D eigenvalue weighted by Gasteiger charge is 2.28. The lowest BCUT2D eigenvalue weighted by Crippen LogP contribution is -2.40. The van der Waals surface area contributed by atoms with Crippen LogP contribution < -0.4 is 15.0 Å². The maximum atomic E-state index is 14.0. The van der Waals surface area contributed by atoms with Gasteiger partial charge >= 0.3 is 0 Å². The van der Waals surface area contributed by atoms with Gasteiger partial charge in [0.05, 0.1) is 11.4 Å². The third-order valence-electron chi connectivity index (χ3n) is 5.72. The Morgan fingerprint density at radius 2 is 1.97 bits per heavy atom. The van der Waals surface area contributed by atoms with E-state index in [1.807, 2.05) is 18.7 Å². The molecule has 33 heavy (non-hydrogen) atoms. The number of fused-ring (bicyclic) bond motifs is 1. The molecule has 0 saturated carbocycles. The lowest BCUT2D eigenvalue weighted by atomic mass is 10.1. The van der Waals surface area contributed by atoms with Gasteiger partial charge in [0.15, 0.2) is 34.3 Å². The lowest BCUT2D eigenvalue weighted by molar-refractivity contribution is 0.163. The number of benzene rings is 1. The molecule has 2 aromatic rings. The smallest absolute Gasteiger partial charge is 0.172 e. The summed E-state index contributed by atoms with van der Waals surface area (Å²) >= 11 is -1.89. The zero-order valence-corrected chi connectivity index (χ0v) is 19.6. The number of aromatic nitrogens is 2. The summed E-state index contributed by atoms with van der Waals surface area (Å²) in [6.45, 7) is 6.53. The zero-order chi connectivity index (χ0) is 23.5. The summed E-state index contributed by atoms with van der Waals surface area (Å²) in [6.07, 6.45) is 1.81. The molecular weight excluding hydrogens is 452 g/mol. The molecule has 2 N–H and O–H groups in total. The van der Waals surface area contributed by atoms with Gasteiger partial charge in [-0.2, -0.15) is 0 Å². The van der Waals surface area contributed by atoms with Crippen LogP contribution in [0.2, 0.25) is 0 Å². The highest BCUT2D eigenvalue weighted by Crippen LogP contribution is 2.30. The number of anilines is 2. The molecule has 8 nitrogen and oxygen atoms in total. The molecular formula is C22H29F2N5O3S. The largest absolute Gasteiger partial charge is 0.487 e. The molecule has 0 aliphatic carbocycles. The van der Waals surface area contributed by atoms with E-state index in [9.17, 15) is 17.5 Å². The van der Waals surface area contributed by atoms with Crippen LogP contribution in [0, 0.1) is 11.6 Å². The second-order valence-corrected chi connectivity index (χ2v) is 9.62. The molecule has 1 fully saturated rings. The van der Waals surface area contributed by atoms with Gasteiger partial charge in [0, 0.05) is 57.5 Å². The predicted molar refractivity (Wildman–Crippen MR) is 123 cm³/mol. The van der Waals surface area contributed by atoms with Crippen molar-refractivity contribution < 1.29 is 22.3 Å². The third kappa shape index (κ3) is 5.96. The molecule has 3 heterocycles. The van der Waals surface area contributed by atoms with E-state index in [4.69, 9.17) is 14.7 Å². The second-order valence-electron chi connectivity index (χ2n) is 8.72. The van der Waals surface area contributed by atoms with Crippen molar-refractivity contribution in [1.29, 1.82) is 0 Å². The number of hydrogen-bond donors (Lipinski definition) is 2. The molecule has 0 spiro atoms. The predicted octanol–water partition coefficient (Wildman–Crippen LogP) is 3.16. The number of hydrogen-bond acceptors (Lipinski definition) is 7.